The average molecular weight is 401 g/mol. The molecule has 1 N–H and O–H groups in total. The second kappa shape index (κ2) is 7.57. The van der Waals surface area contributed by atoms with Crippen LogP contribution < -0.4 is 5.32 Å². The molecule has 0 aliphatic rings. The monoisotopic (exact) mass is 399 g/mol. The van der Waals surface area contributed by atoms with Crippen LogP contribution in [0.4, 0.5) is 10.1 Å². The van der Waals surface area contributed by atoms with Gasteiger partial charge in [-0.3, -0.25) is 4.79 Å². The lowest BCUT2D eigenvalue weighted by Gasteiger charge is -2.09. The van der Waals surface area contributed by atoms with Crippen LogP contribution in [0.5, 0.6) is 0 Å². The van der Waals surface area contributed by atoms with Gasteiger partial charge in [0.1, 0.15) is 5.82 Å². The van der Waals surface area contributed by atoms with Crippen molar-refractivity contribution in [3.05, 3.63) is 62.8 Å². The molecule has 0 unspecified atom stereocenters. The van der Waals surface area contributed by atoms with E-state index in [2.05, 4.69) is 21.2 Å². The first-order valence-corrected chi connectivity index (χ1v) is 7.72. The van der Waals surface area contributed by atoms with Crippen LogP contribution in [-0.4, -0.2) is 18.5 Å². The molecule has 0 aromatic heterocycles. The molecule has 0 aliphatic heterocycles. The van der Waals surface area contributed by atoms with Crippen molar-refractivity contribution < 1.29 is 18.7 Å². The van der Waals surface area contributed by atoms with Crippen molar-refractivity contribution in [1.82, 2.24) is 0 Å². The average Bonchev–Trinajstić information content (AvgIpc) is 2.48. The molecule has 7 heteroatoms. The molecule has 0 heterocycles. The van der Waals surface area contributed by atoms with E-state index >= 15 is 0 Å². The van der Waals surface area contributed by atoms with E-state index in [4.69, 9.17) is 16.3 Å². The van der Waals surface area contributed by atoms with Gasteiger partial charge in [-0.1, -0.05) is 17.7 Å². The molecular formula is C16H12BrClFNO3. The van der Waals surface area contributed by atoms with Crippen LogP contribution in [-0.2, 0) is 9.53 Å². The minimum atomic E-state index is -0.933. The van der Waals surface area contributed by atoms with Crippen molar-refractivity contribution >= 4 is 45.1 Å². The highest BCUT2D eigenvalue weighted by molar-refractivity contribution is 9.10. The minimum absolute atomic E-state index is 0.168. The van der Waals surface area contributed by atoms with Crippen LogP contribution in [0.2, 0.25) is 5.02 Å². The second-order valence-corrected chi connectivity index (χ2v) is 6.02. The summed E-state index contributed by atoms with van der Waals surface area (Å²) >= 11 is 8.93. The van der Waals surface area contributed by atoms with Crippen LogP contribution in [0.15, 0.2) is 40.9 Å². The summed E-state index contributed by atoms with van der Waals surface area (Å²) in [6.07, 6.45) is 0. The fraction of sp³-hybridized carbons (Fsp3) is 0.125. The number of anilines is 1. The normalized spacial score (nSPS) is 10.3. The number of halogens is 3. The summed E-state index contributed by atoms with van der Waals surface area (Å²) in [7, 11) is 0. The molecule has 0 radical (unpaired) electrons. The van der Waals surface area contributed by atoms with E-state index in [1.165, 1.54) is 12.1 Å². The Balaban J connectivity index is 1.94. The van der Waals surface area contributed by atoms with Crippen molar-refractivity contribution in [1.29, 1.82) is 0 Å². The topological polar surface area (TPSA) is 55.4 Å². The quantitative estimate of drug-likeness (QED) is 0.777. The number of aryl methyl sites for hydroxylation is 1. The number of nitrogens with one attached hydrogen (secondary N) is 1. The fourth-order valence-electron chi connectivity index (χ4n) is 1.77. The first-order valence-electron chi connectivity index (χ1n) is 6.55. The number of hydrogen-bond acceptors (Lipinski definition) is 3. The molecule has 0 fully saturated rings. The predicted octanol–water partition coefficient (Wildman–Crippen LogP) is 4.35. The third-order valence-electron chi connectivity index (χ3n) is 2.88. The maximum atomic E-state index is 13.6. The summed E-state index contributed by atoms with van der Waals surface area (Å²) in [5.41, 5.74) is 1.30. The molecule has 0 saturated heterocycles. The summed E-state index contributed by atoms with van der Waals surface area (Å²) in [5.74, 6) is -2.27. The van der Waals surface area contributed by atoms with Gasteiger partial charge in [-0.25, -0.2) is 9.18 Å². The molecule has 23 heavy (non-hydrogen) atoms. The number of carbonyl (C=O) groups excluding carboxylic acids is 2. The lowest BCUT2D eigenvalue weighted by molar-refractivity contribution is -0.119. The molecule has 2 aromatic rings. The summed E-state index contributed by atoms with van der Waals surface area (Å²) < 4.78 is 19.1. The summed E-state index contributed by atoms with van der Waals surface area (Å²) in [5, 5.41) is 2.76. The molecule has 0 aliphatic carbocycles. The van der Waals surface area contributed by atoms with Gasteiger partial charge < -0.3 is 10.1 Å². The largest absolute Gasteiger partial charge is 0.452 e. The van der Waals surface area contributed by atoms with E-state index < -0.39 is 24.3 Å². The molecule has 0 saturated carbocycles. The Kier molecular flexibility index (Phi) is 5.74. The molecule has 4 nitrogen and oxygen atoms in total. The number of hydrogen-bond donors (Lipinski definition) is 1. The van der Waals surface area contributed by atoms with E-state index in [0.717, 1.165) is 11.6 Å². The van der Waals surface area contributed by atoms with Gasteiger partial charge in [0.05, 0.1) is 11.3 Å². The number of carbonyl (C=O) groups is 2. The molecule has 2 rings (SSSR count). The fourth-order valence-corrected chi connectivity index (χ4v) is 2.52. The standard InChI is InChI=1S/C16H12BrClFNO3/c1-9-2-5-14(12(17)6-9)20-15(21)8-23-16(22)11-4-3-10(18)7-13(11)19/h2-7H,8H2,1H3,(H,20,21). The summed E-state index contributed by atoms with van der Waals surface area (Å²) in [6, 6.07) is 8.96. The van der Waals surface area contributed by atoms with Crippen LogP contribution in [0, 0.1) is 12.7 Å². The Morgan fingerprint density at radius 1 is 1.26 bits per heavy atom. The van der Waals surface area contributed by atoms with Crippen LogP contribution >= 0.6 is 27.5 Å². The highest BCUT2D eigenvalue weighted by atomic mass is 79.9. The molecule has 2 aromatic carbocycles. The van der Waals surface area contributed by atoms with Gasteiger partial charge in [0.2, 0.25) is 0 Å². The number of ether oxygens (including phenoxy) is 1. The molecular weight excluding hydrogens is 389 g/mol. The van der Waals surface area contributed by atoms with Gasteiger partial charge in [0.25, 0.3) is 5.91 Å². The third kappa shape index (κ3) is 4.77. The summed E-state index contributed by atoms with van der Waals surface area (Å²) in [4.78, 5) is 23.6. The minimum Gasteiger partial charge on any atom is -0.452 e. The van der Waals surface area contributed by atoms with Gasteiger partial charge in [0.15, 0.2) is 6.61 Å². The predicted molar refractivity (Wildman–Crippen MR) is 89.2 cm³/mol. The third-order valence-corrected chi connectivity index (χ3v) is 3.78. The number of esters is 1. The summed E-state index contributed by atoms with van der Waals surface area (Å²) in [6.45, 7) is 1.39. The number of benzene rings is 2. The van der Waals surface area contributed by atoms with Gasteiger partial charge >= 0.3 is 5.97 Å². The van der Waals surface area contributed by atoms with E-state index in [9.17, 15) is 14.0 Å². The van der Waals surface area contributed by atoms with Crippen molar-refractivity contribution in [3.8, 4) is 0 Å². The Morgan fingerprint density at radius 2 is 2.00 bits per heavy atom. The van der Waals surface area contributed by atoms with Crippen molar-refractivity contribution in [2.45, 2.75) is 6.92 Å². The highest BCUT2D eigenvalue weighted by Gasteiger charge is 2.15. The van der Waals surface area contributed by atoms with Gasteiger partial charge in [-0.05, 0) is 58.7 Å². The van der Waals surface area contributed by atoms with Crippen molar-refractivity contribution in [3.63, 3.8) is 0 Å². The zero-order valence-corrected chi connectivity index (χ0v) is 14.4. The smallest absolute Gasteiger partial charge is 0.341 e. The first-order chi connectivity index (χ1) is 10.9. The number of amides is 1. The van der Waals surface area contributed by atoms with E-state index in [0.29, 0.717) is 10.2 Å². The van der Waals surface area contributed by atoms with Crippen molar-refractivity contribution in [2.24, 2.45) is 0 Å². The second-order valence-electron chi connectivity index (χ2n) is 4.73. The lowest BCUT2D eigenvalue weighted by atomic mass is 10.2. The molecule has 0 bridgehead atoms. The lowest BCUT2D eigenvalue weighted by Crippen LogP contribution is -2.21. The zero-order valence-electron chi connectivity index (χ0n) is 12.0. The van der Waals surface area contributed by atoms with Gasteiger partial charge in [-0.2, -0.15) is 0 Å². The Labute approximate surface area is 145 Å². The highest BCUT2D eigenvalue weighted by Crippen LogP contribution is 2.23. The van der Waals surface area contributed by atoms with E-state index in [1.807, 2.05) is 19.1 Å². The molecule has 120 valence electrons. The number of rotatable bonds is 4. The van der Waals surface area contributed by atoms with Crippen LogP contribution in [0.25, 0.3) is 0 Å². The first kappa shape index (κ1) is 17.4. The maximum Gasteiger partial charge on any atom is 0.341 e. The van der Waals surface area contributed by atoms with Gasteiger partial charge in [0, 0.05) is 9.50 Å². The Morgan fingerprint density at radius 3 is 2.65 bits per heavy atom. The maximum absolute atomic E-state index is 13.6. The molecule has 0 atom stereocenters. The zero-order chi connectivity index (χ0) is 17.0. The van der Waals surface area contributed by atoms with Crippen molar-refractivity contribution in [2.75, 3.05) is 11.9 Å². The molecule has 1 amide bonds. The molecule has 0 spiro atoms. The van der Waals surface area contributed by atoms with Crippen LogP contribution in [0.3, 0.4) is 0 Å². The van der Waals surface area contributed by atoms with E-state index in [1.54, 1.807) is 6.07 Å². The SMILES string of the molecule is Cc1ccc(NC(=O)COC(=O)c2ccc(Cl)cc2F)c(Br)c1. The Hall–Kier alpha value is -1.92. The van der Waals surface area contributed by atoms with E-state index in [-0.39, 0.29) is 10.6 Å². The Bertz CT molecular complexity index is 767. The van der Waals surface area contributed by atoms with Crippen LogP contribution in [0.1, 0.15) is 15.9 Å². The van der Waals surface area contributed by atoms with Gasteiger partial charge in [-0.15, -0.1) is 0 Å².